The van der Waals surface area contributed by atoms with E-state index in [1.807, 2.05) is 4.90 Å². The molecule has 2 N–H and O–H groups in total. The number of amides is 2. The van der Waals surface area contributed by atoms with Crippen molar-refractivity contribution < 1.29 is 14.7 Å². The van der Waals surface area contributed by atoms with Crippen LogP contribution in [0.15, 0.2) is 0 Å². The SMILES string of the molecule is CC1CCCC(NC(=O)N2C3CCC2C(C(=O)O)C3)CC1. The van der Waals surface area contributed by atoms with Crippen LogP contribution >= 0.6 is 0 Å². The molecule has 118 valence electrons. The third-order valence-corrected chi connectivity index (χ3v) is 5.67. The molecule has 5 atom stereocenters. The summed E-state index contributed by atoms with van der Waals surface area (Å²) in [6.07, 6.45) is 8.16. The lowest BCUT2D eigenvalue weighted by Crippen LogP contribution is -2.47. The first-order valence-corrected chi connectivity index (χ1v) is 8.38. The van der Waals surface area contributed by atoms with E-state index in [1.54, 1.807) is 0 Å². The van der Waals surface area contributed by atoms with E-state index >= 15 is 0 Å². The number of carboxylic acid groups (broad SMARTS) is 1. The average Bonchev–Trinajstić information content (AvgIpc) is 2.95. The van der Waals surface area contributed by atoms with Crippen molar-refractivity contribution >= 4 is 12.0 Å². The van der Waals surface area contributed by atoms with Crippen LogP contribution in [0.25, 0.3) is 0 Å². The largest absolute Gasteiger partial charge is 0.481 e. The fourth-order valence-electron chi connectivity index (χ4n) is 4.45. The number of hydrogen-bond acceptors (Lipinski definition) is 2. The van der Waals surface area contributed by atoms with Crippen LogP contribution in [0.1, 0.15) is 58.3 Å². The van der Waals surface area contributed by atoms with Gasteiger partial charge in [0, 0.05) is 18.1 Å². The Morgan fingerprint density at radius 2 is 1.90 bits per heavy atom. The highest BCUT2D eigenvalue weighted by Gasteiger charge is 2.51. The number of rotatable bonds is 2. The Bertz CT molecular complexity index is 426. The minimum atomic E-state index is -0.747. The maximum absolute atomic E-state index is 12.6. The minimum absolute atomic E-state index is 0.0224. The molecule has 0 aromatic heterocycles. The van der Waals surface area contributed by atoms with Gasteiger partial charge in [-0.3, -0.25) is 4.79 Å². The fraction of sp³-hybridized carbons (Fsp3) is 0.875. The second-order valence-corrected chi connectivity index (χ2v) is 7.15. The van der Waals surface area contributed by atoms with Gasteiger partial charge in [-0.05, 0) is 44.4 Å². The molecule has 1 saturated carbocycles. The van der Waals surface area contributed by atoms with E-state index < -0.39 is 5.97 Å². The van der Waals surface area contributed by atoms with Crippen LogP contribution in [0.3, 0.4) is 0 Å². The predicted molar refractivity (Wildman–Crippen MR) is 79.0 cm³/mol. The van der Waals surface area contributed by atoms with Crippen LogP contribution in [-0.4, -0.2) is 40.1 Å². The summed E-state index contributed by atoms with van der Waals surface area (Å²) in [6, 6.07) is 0.300. The Kier molecular flexibility index (Phi) is 4.09. The van der Waals surface area contributed by atoms with Crippen LogP contribution in [0.5, 0.6) is 0 Å². The van der Waals surface area contributed by atoms with E-state index in [0.717, 1.165) is 31.6 Å². The summed E-state index contributed by atoms with van der Waals surface area (Å²) >= 11 is 0. The van der Waals surface area contributed by atoms with E-state index in [9.17, 15) is 14.7 Å². The zero-order valence-corrected chi connectivity index (χ0v) is 12.8. The number of aliphatic carboxylic acids is 1. The first-order valence-electron chi connectivity index (χ1n) is 8.38. The second kappa shape index (κ2) is 5.85. The molecule has 3 fully saturated rings. The summed E-state index contributed by atoms with van der Waals surface area (Å²) in [6.45, 7) is 2.28. The van der Waals surface area contributed by atoms with Crippen molar-refractivity contribution in [3.8, 4) is 0 Å². The molecular weight excluding hydrogens is 268 g/mol. The summed E-state index contributed by atoms with van der Waals surface area (Å²) in [5, 5.41) is 12.4. The van der Waals surface area contributed by atoms with Gasteiger partial charge < -0.3 is 15.3 Å². The first kappa shape index (κ1) is 14.7. The Hall–Kier alpha value is -1.26. The first-order chi connectivity index (χ1) is 10.1. The number of urea groups is 1. The number of carbonyl (C=O) groups is 2. The number of hydrogen-bond donors (Lipinski definition) is 2. The standard InChI is InChI=1S/C16H26N2O3/c1-10-3-2-4-11(6-5-10)17-16(21)18-12-7-8-14(18)13(9-12)15(19)20/h10-14H,2-9H2,1H3,(H,17,21)(H,19,20). The monoisotopic (exact) mass is 294 g/mol. The van der Waals surface area contributed by atoms with Crippen LogP contribution in [-0.2, 0) is 4.79 Å². The number of carbonyl (C=O) groups excluding carboxylic acids is 1. The molecule has 0 spiro atoms. The van der Waals surface area contributed by atoms with E-state index in [2.05, 4.69) is 12.2 Å². The van der Waals surface area contributed by atoms with Crippen molar-refractivity contribution in [2.75, 3.05) is 0 Å². The molecule has 2 amide bonds. The van der Waals surface area contributed by atoms with Gasteiger partial charge in [0.1, 0.15) is 0 Å². The highest BCUT2D eigenvalue weighted by atomic mass is 16.4. The van der Waals surface area contributed by atoms with E-state index in [-0.39, 0.29) is 30.1 Å². The van der Waals surface area contributed by atoms with Gasteiger partial charge in [0.2, 0.25) is 0 Å². The molecule has 2 bridgehead atoms. The number of fused-ring (bicyclic) bond motifs is 2. The van der Waals surface area contributed by atoms with Crippen LogP contribution in [0.4, 0.5) is 4.79 Å². The molecule has 5 nitrogen and oxygen atoms in total. The summed E-state index contributed by atoms with van der Waals surface area (Å²) in [5.41, 5.74) is 0. The summed E-state index contributed by atoms with van der Waals surface area (Å²) in [7, 11) is 0. The molecule has 21 heavy (non-hydrogen) atoms. The Balaban J connectivity index is 1.60. The van der Waals surface area contributed by atoms with Gasteiger partial charge in [0.15, 0.2) is 0 Å². The van der Waals surface area contributed by atoms with Crippen molar-refractivity contribution in [1.29, 1.82) is 0 Å². The van der Waals surface area contributed by atoms with Crippen molar-refractivity contribution in [3.63, 3.8) is 0 Å². The third kappa shape index (κ3) is 2.87. The number of nitrogens with one attached hydrogen (secondary N) is 1. The molecule has 2 aliphatic heterocycles. The van der Waals surface area contributed by atoms with E-state index in [4.69, 9.17) is 0 Å². The van der Waals surface area contributed by atoms with Crippen molar-refractivity contribution in [3.05, 3.63) is 0 Å². The van der Waals surface area contributed by atoms with Crippen molar-refractivity contribution in [2.24, 2.45) is 11.8 Å². The molecule has 0 aromatic carbocycles. The maximum Gasteiger partial charge on any atom is 0.318 e. The van der Waals surface area contributed by atoms with Gasteiger partial charge >= 0.3 is 12.0 Å². The smallest absolute Gasteiger partial charge is 0.318 e. The molecular formula is C16H26N2O3. The Labute approximate surface area is 126 Å². The zero-order chi connectivity index (χ0) is 15.0. The third-order valence-electron chi connectivity index (χ3n) is 5.67. The van der Waals surface area contributed by atoms with Crippen LogP contribution in [0.2, 0.25) is 0 Å². The molecule has 0 aromatic rings. The summed E-state index contributed by atoms with van der Waals surface area (Å²) in [4.78, 5) is 25.7. The predicted octanol–water partition coefficient (Wildman–Crippen LogP) is 2.60. The lowest BCUT2D eigenvalue weighted by Gasteiger charge is -2.26. The highest BCUT2D eigenvalue weighted by Crippen LogP contribution is 2.41. The normalized spacial score (nSPS) is 39.1. The Morgan fingerprint density at radius 1 is 1.10 bits per heavy atom. The van der Waals surface area contributed by atoms with Gasteiger partial charge in [-0.1, -0.05) is 19.8 Å². The highest BCUT2D eigenvalue weighted by molar-refractivity contribution is 5.79. The lowest BCUT2D eigenvalue weighted by atomic mass is 9.89. The molecule has 3 aliphatic rings. The average molecular weight is 294 g/mol. The number of carboxylic acids is 1. The number of nitrogens with zero attached hydrogens (tertiary/aromatic N) is 1. The van der Waals surface area contributed by atoms with Gasteiger partial charge in [0.25, 0.3) is 0 Å². The van der Waals surface area contributed by atoms with Crippen LogP contribution < -0.4 is 5.32 Å². The maximum atomic E-state index is 12.6. The minimum Gasteiger partial charge on any atom is -0.481 e. The molecule has 1 aliphatic carbocycles. The van der Waals surface area contributed by atoms with Crippen LogP contribution in [0, 0.1) is 11.8 Å². The van der Waals surface area contributed by atoms with Gasteiger partial charge in [-0.2, -0.15) is 0 Å². The molecule has 2 heterocycles. The van der Waals surface area contributed by atoms with Crippen molar-refractivity contribution in [2.45, 2.75) is 76.4 Å². The van der Waals surface area contributed by atoms with E-state index in [1.165, 1.54) is 19.3 Å². The van der Waals surface area contributed by atoms with Crippen molar-refractivity contribution in [1.82, 2.24) is 10.2 Å². The van der Waals surface area contributed by atoms with E-state index in [0.29, 0.717) is 6.42 Å². The topological polar surface area (TPSA) is 69.6 Å². The molecule has 3 rings (SSSR count). The van der Waals surface area contributed by atoms with Gasteiger partial charge in [0.05, 0.1) is 5.92 Å². The summed E-state index contributed by atoms with van der Waals surface area (Å²) < 4.78 is 0. The quantitative estimate of drug-likeness (QED) is 0.769. The summed E-state index contributed by atoms with van der Waals surface area (Å²) in [5.74, 6) is -0.349. The second-order valence-electron chi connectivity index (χ2n) is 7.15. The molecule has 2 saturated heterocycles. The fourth-order valence-corrected chi connectivity index (χ4v) is 4.45. The lowest BCUT2D eigenvalue weighted by molar-refractivity contribution is -0.142. The zero-order valence-electron chi connectivity index (χ0n) is 12.8. The van der Waals surface area contributed by atoms with Gasteiger partial charge in [-0.15, -0.1) is 0 Å². The molecule has 5 unspecified atom stereocenters. The molecule has 0 radical (unpaired) electrons. The van der Waals surface area contributed by atoms with Gasteiger partial charge in [-0.25, -0.2) is 4.79 Å². The Morgan fingerprint density at radius 3 is 2.62 bits per heavy atom. The molecule has 5 heteroatoms.